The van der Waals surface area contributed by atoms with E-state index in [1.54, 1.807) is 18.2 Å². The highest BCUT2D eigenvalue weighted by Gasteiger charge is 2.20. The maximum Gasteiger partial charge on any atom is 0.242 e. The minimum absolute atomic E-state index is 0.125. The molecule has 1 amide bonds. The Morgan fingerprint density at radius 1 is 1.23 bits per heavy atom. The first-order valence-electron chi connectivity index (χ1n) is 9.33. The Balaban J connectivity index is 1.60. The van der Waals surface area contributed by atoms with E-state index in [-0.39, 0.29) is 23.1 Å². The van der Waals surface area contributed by atoms with Gasteiger partial charge in [0, 0.05) is 26.7 Å². The van der Waals surface area contributed by atoms with Crippen LogP contribution in [0.3, 0.4) is 0 Å². The summed E-state index contributed by atoms with van der Waals surface area (Å²) in [6.45, 7) is 2.63. The van der Waals surface area contributed by atoms with Crippen molar-refractivity contribution in [2.24, 2.45) is 0 Å². The molecule has 0 radical (unpaired) electrons. The Labute approximate surface area is 180 Å². The number of imidazole rings is 1. The second-order valence-corrected chi connectivity index (χ2v) is 9.70. The van der Waals surface area contributed by atoms with Crippen LogP contribution in [-0.4, -0.2) is 55.1 Å². The number of sulfonamides is 1. The third kappa shape index (κ3) is 5.13. The molecule has 0 aliphatic rings. The lowest BCUT2D eigenvalue weighted by Crippen LogP contribution is -2.28. The molecule has 1 heterocycles. The molecule has 0 atom stereocenters. The minimum Gasteiger partial charge on any atom is -0.494 e. The Morgan fingerprint density at radius 2 is 2.00 bits per heavy atom. The van der Waals surface area contributed by atoms with E-state index in [2.05, 4.69) is 15.3 Å². The normalized spacial score (nSPS) is 11.7. The monoisotopic (exact) mass is 448 g/mol. The Bertz CT molecular complexity index is 1140. The van der Waals surface area contributed by atoms with E-state index in [4.69, 9.17) is 4.74 Å². The molecule has 0 bridgehead atoms. The van der Waals surface area contributed by atoms with Gasteiger partial charge in [-0.05, 0) is 30.7 Å². The molecule has 10 heteroatoms. The zero-order chi connectivity index (χ0) is 21.7. The zero-order valence-corrected chi connectivity index (χ0v) is 18.6. The molecule has 0 saturated heterocycles. The fourth-order valence-electron chi connectivity index (χ4n) is 2.77. The van der Waals surface area contributed by atoms with Crippen LogP contribution in [0.2, 0.25) is 0 Å². The topological polar surface area (TPSA) is 104 Å². The number of carbonyl (C=O) groups excluding carboxylic acids is 1. The molecular weight excluding hydrogens is 424 g/mol. The van der Waals surface area contributed by atoms with Gasteiger partial charge >= 0.3 is 0 Å². The molecule has 8 nitrogen and oxygen atoms in total. The van der Waals surface area contributed by atoms with Crippen LogP contribution in [0.15, 0.2) is 52.5 Å². The lowest BCUT2D eigenvalue weighted by atomic mass is 10.2. The fraction of sp³-hybridized carbons (Fsp3) is 0.300. The van der Waals surface area contributed by atoms with E-state index < -0.39 is 10.0 Å². The van der Waals surface area contributed by atoms with E-state index in [1.165, 1.54) is 31.9 Å². The molecule has 2 aromatic carbocycles. The quantitative estimate of drug-likeness (QED) is 0.488. The van der Waals surface area contributed by atoms with Crippen LogP contribution < -0.4 is 10.1 Å². The number of amides is 1. The highest BCUT2D eigenvalue weighted by atomic mass is 32.2. The van der Waals surface area contributed by atoms with E-state index in [0.717, 1.165) is 21.1 Å². The molecule has 0 saturated carbocycles. The van der Waals surface area contributed by atoms with Crippen LogP contribution in [-0.2, 0) is 21.4 Å². The van der Waals surface area contributed by atoms with Crippen LogP contribution in [0, 0.1) is 0 Å². The zero-order valence-electron chi connectivity index (χ0n) is 17.0. The summed E-state index contributed by atoms with van der Waals surface area (Å²) < 4.78 is 31.5. The van der Waals surface area contributed by atoms with Crippen LogP contribution in [0.25, 0.3) is 11.0 Å². The first-order valence-corrected chi connectivity index (χ1v) is 11.8. The first-order chi connectivity index (χ1) is 14.3. The molecule has 0 aliphatic heterocycles. The number of aromatic amines is 1. The molecule has 1 aromatic heterocycles. The number of thioether (sulfide) groups is 1. The van der Waals surface area contributed by atoms with Crippen molar-refractivity contribution in [3.05, 3.63) is 48.0 Å². The number of carbonyl (C=O) groups is 1. The third-order valence-electron chi connectivity index (χ3n) is 4.29. The number of rotatable bonds is 9. The number of nitrogens with one attached hydrogen (secondary N) is 2. The maximum atomic E-state index is 12.4. The number of nitrogens with zero attached hydrogens (tertiary/aromatic N) is 2. The molecular formula is C20H24N4O4S2. The summed E-state index contributed by atoms with van der Waals surface area (Å²) in [6, 6.07) is 12.2. The number of H-pyrrole nitrogens is 1. The van der Waals surface area contributed by atoms with Crippen LogP contribution in [0.1, 0.15) is 12.5 Å². The van der Waals surface area contributed by atoms with E-state index in [9.17, 15) is 13.2 Å². The minimum atomic E-state index is -3.58. The van der Waals surface area contributed by atoms with Crippen LogP contribution in [0.4, 0.5) is 0 Å². The van der Waals surface area contributed by atoms with Gasteiger partial charge in [0.1, 0.15) is 5.75 Å². The largest absolute Gasteiger partial charge is 0.494 e. The average Bonchev–Trinajstić information content (AvgIpc) is 3.13. The van der Waals surface area contributed by atoms with Gasteiger partial charge in [-0.3, -0.25) is 4.79 Å². The number of benzene rings is 2. The summed E-state index contributed by atoms with van der Waals surface area (Å²) in [6.07, 6.45) is 0. The van der Waals surface area contributed by atoms with Gasteiger partial charge < -0.3 is 15.0 Å². The lowest BCUT2D eigenvalue weighted by molar-refractivity contribution is -0.118. The van der Waals surface area contributed by atoms with Crippen molar-refractivity contribution in [3.8, 4) is 5.75 Å². The molecule has 3 aromatic rings. The third-order valence-corrected chi connectivity index (χ3v) is 7.08. The van der Waals surface area contributed by atoms with Crippen LogP contribution >= 0.6 is 11.8 Å². The summed E-state index contributed by atoms with van der Waals surface area (Å²) in [7, 11) is -0.625. The highest BCUT2D eigenvalue weighted by Crippen LogP contribution is 2.23. The maximum absolute atomic E-state index is 12.4. The molecule has 0 spiro atoms. The Kier molecular flexibility index (Phi) is 7.01. The van der Waals surface area contributed by atoms with Crippen LogP contribution in [0.5, 0.6) is 5.75 Å². The number of aromatic nitrogens is 2. The van der Waals surface area contributed by atoms with Gasteiger partial charge in [0.2, 0.25) is 15.9 Å². The van der Waals surface area contributed by atoms with Gasteiger partial charge in [-0.1, -0.05) is 30.0 Å². The summed E-state index contributed by atoms with van der Waals surface area (Å²) in [5.74, 6) is 0.697. The molecule has 3 rings (SSSR count). The summed E-state index contributed by atoms with van der Waals surface area (Å²) >= 11 is 1.28. The van der Waals surface area contributed by atoms with E-state index in [0.29, 0.717) is 17.3 Å². The Hall–Kier alpha value is -2.56. The second kappa shape index (κ2) is 9.50. The van der Waals surface area contributed by atoms with Crippen molar-refractivity contribution >= 4 is 38.7 Å². The molecule has 0 fully saturated rings. The summed E-state index contributed by atoms with van der Waals surface area (Å²) in [4.78, 5) is 20.1. The smallest absolute Gasteiger partial charge is 0.242 e. The van der Waals surface area contributed by atoms with Crippen molar-refractivity contribution in [1.82, 2.24) is 19.6 Å². The van der Waals surface area contributed by atoms with Gasteiger partial charge in [0.15, 0.2) is 5.16 Å². The van der Waals surface area contributed by atoms with Crippen molar-refractivity contribution in [1.29, 1.82) is 0 Å². The molecule has 160 valence electrons. The highest BCUT2D eigenvalue weighted by molar-refractivity contribution is 7.99. The fourth-order valence-corrected chi connectivity index (χ4v) is 4.60. The number of fused-ring (bicyclic) bond motifs is 1. The predicted octanol–water partition coefficient (Wildman–Crippen LogP) is 2.62. The SMILES string of the molecule is CCOc1ccc2nc(SCC(=O)NCc3ccccc3S(=O)(=O)N(C)C)[nH]c2c1. The van der Waals surface area contributed by atoms with Crippen molar-refractivity contribution < 1.29 is 17.9 Å². The van der Waals surface area contributed by atoms with E-state index in [1.807, 2.05) is 25.1 Å². The number of hydrogen-bond donors (Lipinski definition) is 2. The van der Waals surface area contributed by atoms with Crippen molar-refractivity contribution in [2.45, 2.75) is 23.5 Å². The van der Waals surface area contributed by atoms with Gasteiger partial charge in [-0.25, -0.2) is 17.7 Å². The molecule has 0 aliphatic carbocycles. The summed E-state index contributed by atoms with van der Waals surface area (Å²) in [5.41, 5.74) is 2.17. The predicted molar refractivity (Wildman–Crippen MR) is 117 cm³/mol. The van der Waals surface area contributed by atoms with E-state index >= 15 is 0 Å². The molecule has 30 heavy (non-hydrogen) atoms. The molecule has 2 N–H and O–H groups in total. The van der Waals surface area contributed by atoms with Gasteiger partial charge in [-0.15, -0.1) is 0 Å². The number of ether oxygens (including phenoxy) is 1. The average molecular weight is 449 g/mol. The summed E-state index contributed by atoms with van der Waals surface area (Å²) in [5, 5.41) is 3.40. The van der Waals surface area contributed by atoms with Gasteiger partial charge in [0.05, 0.1) is 28.3 Å². The first kappa shape index (κ1) is 22.1. The number of hydrogen-bond acceptors (Lipinski definition) is 6. The van der Waals surface area contributed by atoms with Gasteiger partial charge in [0.25, 0.3) is 0 Å². The Morgan fingerprint density at radius 3 is 2.73 bits per heavy atom. The second-order valence-electron chi connectivity index (χ2n) is 6.61. The lowest BCUT2D eigenvalue weighted by Gasteiger charge is -2.15. The standard InChI is InChI=1S/C20H24N4O4S2/c1-4-28-15-9-10-16-17(11-15)23-20(22-16)29-13-19(25)21-12-14-7-5-6-8-18(14)30(26,27)24(2)3/h5-11H,4,12-13H2,1-3H3,(H,21,25)(H,22,23). The van der Waals surface area contributed by atoms with Crippen molar-refractivity contribution in [2.75, 3.05) is 26.5 Å². The van der Waals surface area contributed by atoms with Crippen molar-refractivity contribution in [3.63, 3.8) is 0 Å². The molecule has 0 unspecified atom stereocenters. The van der Waals surface area contributed by atoms with Gasteiger partial charge in [-0.2, -0.15) is 0 Å².